The molecule has 1 aromatic carbocycles. The molecule has 11 heteroatoms. The van der Waals surface area contributed by atoms with Crippen LogP contribution in [-0.2, 0) is 21.6 Å². The molecule has 3 N–H and O–H groups in total. The van der Waals surface area contributed by atoms with Gasteiger partial charge in [-0.3, -0.25) is 14.4 Å². The third kappa shape index (κ3) is 9.02. The summed E-state index contributed by atoms with van der Waals surface area (Å²) in [6.07, 6.45) is 1.36. The summed E-state index contributed by atoms with van der Waals surface area (Å²) in [5, 5.41) is 16.1. The molecule has 1 fully saturated rings. The summed E-state index contributed by atoms with van der Waals surface area (Å²) in [6.45, 7) is 11.1. The Labute approximate surface area is 242 Å². The maximum atomic E-state index is 13.7. The minimum Gasteiger partial charge on any atom is -0.483 e. The number of benzene rings is 1. The first-order chi connectivity index (χ1) is 19.3. The Hall–Kier alpha value is -3.44. The first-order valence-electron chi connectivity index (χ1n) is 14.1. The number of aliphatic hydroxyl groups excluding tert-OH is 1. The number of likely N-dealkylation sites (N-methyl/N-ethyl adjacent to an activating group) is 1. The van der Waals surface area contributed by atoms with Crippen molar-refractivity contribution < 1.29 is 28.6 Å². The minimum atomic E-state index is -0.890. The Kier molecular flexibility index (Phi) is 10.9. The zero-order valence-electron chi connectivity index (χ0n) is 25.3. The highest BCUT2D eigenvalue weighted by molar-refractivity contribution is 6.00. The van der Waals surface area contributed by atoms with Crippen LogP contribution in [0.3, 0.4) is 0 Å². The van der Waals surface area contributed by atoms with Gasteiger partial charge in [0, 0.05) is 31.5 Å². The van der Waals surface area contributed by atoms with Crippen molar-refractivity contribution in [2.45, 2.75) is 77.7 Å². The third-order valence-corrected chi connectivity index (χ3v) is 6.81. The van der Waals surface area contributed by atoms with Gasteiger partial charge in [0.2, 0.25) is 17.7 Å². The van der Waals surface area contributed by atoms with E-state index in [0.717, 1.165) is 5.76 Å². The Bertz CT molecular complexity index is 1190. The first kappa shape index (κ1) is 32.1. The SMILES string of the molecule is CC(C)C[C@@H](NC(=O)c1ccccc1OCc1ncc(C(C)(C)C)o1)C(=O)N1C[C@@H](O)C[C@@H]1C(=O)NCCN(C)C. The molecular formula is C30H45N5O6. The second-order valence-electron chi connectivity index (χ2n) is 12.3. The molecule has 1 aliphatic heterocycles. The van der Waals surface area contributed by atoms with Gasteiger partial charge >= 0.3 is 0 Å². The lowest BCUT2D eigenvalue weighted by atomic mass is 9.94. The van der Waals surface area contributed by atoms with Crippen molar-refractivity contribution >= 4 is 17.7 Å². The molecular weight excluding hydrogens is 526 g/mol. The molecule has 11 nitrogen and oxygen atoms in total. The molecule has 1 aliphatic rings. The Morgan fingerprint density at radius 2 is 1.93 bits per heavy atom. The van der Waals surface area contributed by atoms with Gasteiger partial charge < -0.3 is 34.7 Å². The van der Waals surface area contributed by atoms with E-state index in [4.69, 9.17) is 9.15 Å². The van der Waals surface area contributed by atoms with Gasteiger partial charge in [-0.05, 0) is 38.6 Å². The van der Waals surface area contributed by atoms with Crippen molar-refractivity contribution in [2.24, 2.45) is 5.92 Å². The van der Waals surface area contributed by atoms with Crippen molar-refractivity contribution in [3.63, 3.8) is 0 Å². The summed E-state index contributed by atoms with van der Waals surface area (Å²) in [7, 11) is 3.81. The fourth-order valence-electron chi connectivity index (χ4n) is 4.60. The zero-order valence-corrected chi connectivity index (χ0v) is 25.3. The van der Waals surface area contributed by atoms with Crippen molar-refractivity contribution in [1.29, 1.82) is 0 Å². The normalized spacial score (nSPS) is 18.0. The number of carbonyl (C=O) groups is 3. The van der Waals surface area contributed by atoms with Gasteiger partial charge in [-0.25, -0.2) is 4.98 Å². The average Bonchev–Trinajstić information content (AvgIpc) is 3.53. The smallest absolute Gasteiger partial charge is 0.255 e. The largest absolute Gasteiger partial charge is 0.483 e. The highest BCUT2D eigenvalue weighted by Gasteiger charge is 2.41. The van der Waals surface area contributed by atoms with Crippen LogP contribution in [0.2, 0.25) is 0 Å². The van der Waals surface area contributed by atoms with E-state index in [2.05, 4.69) is 15.6 Å². The van der Waals surface area contributed by atoms with Crippen LogP contribution in [0.4, 0.5) is 0 Å². The van der Waals surface area contributed by atoms with Gasteiger partial charge in [0.1, 0.15) is 23.6 Å². The summed E-state index contributed by atoms with van der Waals surface area (Å²) in [4.78, 5) is 47.7. The summed E-state index contributed by atoms with van der Waals surface area (Å²) in [5.41, 5.74) is 0.0641. The Morgan fingerprint density at radius 1 is 1.22 bits per heavy atom. The molecule has 41 heavy (non-hydrogen) atoms. The lowest BCUT2D eigenvalue weighted by Crippen LogP contribution is -2.54. The standard InChI is InChI=1S/C30H45N5O6/c1-19(2)14-22(29(39)35-17-20(36)15-23(35)28(38)31-12-13-34(6)7)33-27(37)21-10-8-9-11-24(21)40-18-26-32-16-25(41-26)30(3,4)5/h8-11,16,19-20,22-23,36H,12-15,17-18H2,1-7H3,(H,31,38)(H,33,37)/t20-,22+,23+/m0/s1. The topological polar surface area (TPSA) is 137 Å². The molecule has 2 aromatic rings. The van der Waals surface area contributed by atoms with E-state index in [9.17, 15) is 19.5 Å². The summed E-state index contributed by atoms with van der Waals surface area (Å²) < 4.78 is 11.7. The molecule has 0 unspecified atom stereocenters. The lowest BCUT2D eigenvalue weighted by Gasteiger charge is -2.29. The molecule has 1 aromatic heterocycles. The second kappa shape index (κ2) is 14.0. The maximum Gasteiger partial charge on any atom is 0.255 e. The number of nitrogens with zero attached hydrogens (tertiary/aromatic N) is 3. The number of ether oxygens (including phenoxy) is 1. The third-order valence-electron chi connectivity index (χ3n) is 6.81. The summed E-state index contributed by atoms with van der Waals surface area (Å²) >= 11 is 0. The van der Waals surface area contributed by atoms with Crippen LogP contribution >= 0.6 is 0 Å². The fourth-order valence-corrected chi connectivity index (χ4v) is 4.60. The number of carbonyl (C=O) groups excluding carboxylic acids is 3. The number of para-hydroxylation sites is 1. The predicted molar refractivity (Wildman–Crippen MR) is 154 cm³/mol. The van der Waals surface area contributed by atoms with Crippen LogP contribution in [0.1, 0.15) is 69.5 Å². The average molecular weight is 572 g/mol. The second-order valence-corrected chi connectivity index (χ2v) is 12.3. The number of aliphatic hydroxyl groups is 1. The molecule has 3 atom stereocenters. The zero-order chi connectivity index (χ0) is 30.3. The number of amides is 3. The number of hydrogen-bond donors (Lipinski definition) is 3. The van der Waals surface area contributed by atoms with E-state index < -0.39 is 30.0 Å². The van der Waals surface area contributed by atoms with Crippen LogP contribution in [0.15, 0.2) is 34.9 Å². The molecule has 0 bridgehead atoms. The van der Waals surface area contributed by atoms with E-state index in [0.29, 0.717) is 31.2 Å². The molecule has 3 amide bonds. The van der Waals surface area contributed by atoms with E-state index in [-0.39, 0.29) is 42.4 Å². The van der Waals surface area contributed by atoms with Crippen molar-refractivity contribution in [1.82, 2.24) is 25.4 Å². The quantitative estimate of drug-likeness (QED) is 0.353. The van der Waals surface area contributed by atoms with Crippen LogP contribution in [0.25, 0.3) is 0 Å². The number of β-amino-alcohol motifs (C(OH)–C–C–N with tert-alkyl or cyclic N) is 1. The van der Waals surface area contributed by atoms with Gasteiger partial charge in [0.25, 0.3) is 5.91 Å². The van der Waals surface area contributed by atoms with Gasteiger partial charge in [-0.2, -0.15) is 0 Å². The van der Waals surface area contributed by atoms with Crippen LogP contribution in [0, 0.1) is 5.92 Å². The molecule has 226 valence electrons. The van der Waals surface area contributed by atoms with Crippen LogP contribution in [0.5, 0.6) is 5.75 Å². The van der Waals surface area contributed by atoms with Crippen molar-refractivity contribution in [2.75, 3.05) is 33.7 Å². The number of rotatable bonds is 12. The molecule has 3 rings (SSSR count). The highest BCUT2D eigenvalue weighted by atomic mass is 16.5. The first-order valence-corrected chi connectivity index (χ1v) is 14.1. The molecule has 0 saturated carbocycles. The van der Waals surface area contributed by atoms with E-state index in [1.54, 1.807) is 30.5 Å². The number of nitrogens with one attached hydrogen (secondary N) is 2. The van der Waals surface area contributed by atoms with Crippen molar-refractivity contribution in [3.8, 4) is 5.75 Å². The number of aromatic nitrogens is 1. The molecule has 0 spiro atoms. The highest BCUT2D eigenvalue weighted by Crippen LogP contribution is 2.25. The maximum absolute atomic E-state index is 13.7. The lowest BCUT2D eigenvalue weighted by molar-refractivity contribution is -0.140. The van der Waals surface area contributed by atoms with Gasteiger partial charge in [0.05, 0.1) is 17.9 Å². The fraction of sp³-hybridized carbons (Fsp3) is 0.600. The van der Waals surface area contributed by atoms with E-state index in [1.807, 2.05) is 53.6 Å². The summed E-state index contributed by atoms with van der Waals surface area (Å²) in [5.74, 6) is 0.336. The van der Waals surface area contributed by atoms with Gasteiger partial charge in [-0.1, -0.05) is 46.8 Å². The molecule has 0 aliphatic carbocycles. The van der Waals surface area contributed by atoms with Gasteiger partial charge in [-0.15, -0.1) is 0 Å². The van der Waals surface area contributed by atoms with E-state index >= 15 is 0 Å². The minimum absolute atomic E-state index is 0.0292. The molecule has 1 saturated heterocycles. The summed E-state index contributed by atoms with van der Waals surface area (Å²) in [6, 6.07) is 5.07. The molecule has 0 radical (unpaired) electrons. The number of oxazole rings is 1. The van der Waals surface area contributed by atoms with Crippen LogP contribution < -0.4 is 15.4 Å². The Balaban J connectivity index is 1.73. The van der Waals surface area contributed by atoms with Crippen LogP contribution in [-0.4, -0.2) is 89.5 Å². The predicted octanol–water partition coefficient (Wildman–Crippen LogP) is 2.34. The van der Waals surface area contributed by atoms with E-state index in [1.165, 1.54) is 4.90 Å². The number of likely N-dealkylation sites (tertiary alicyclic amines) is 1. The Morgan fingerprint density at radius 3 is 2.56 bits per heavy atom. The number of hydrogen-bond acceptors (Lipinski definition) is 8. The molecule has 2 heterocycles. The monoisotopic (exact) mass is 571 g/mol. The van der Waals surface area contributed by atoms with Crippen molar-refractivity contribution in [3.05, 3.63) is 47.7 Å². The van der Waals surface area contributed by atoms with Gasteiger partial charge in [0.15, 0.2) is 6.61 Å².